The van der Waals surface area contributed by atoms with Gasteiger partial charge in [-0.1, -0.05) is 45.9 Å². The summed E-state index contributed by atoms with van der Waals surface area (Å²) >= 11 is 5.04. The summed E-state index contributed by atoms with van der Waals surface area (Å²) in [6, 6.07) is 8.00. The van der Waals surface area contributed by atoms with Gasteiger partial charge in [0.05, 0.1) is 5.25 Å². The van der Waals surface area contributed by atoms with E-state index in [4.69, 9.17) is 10.2 Å². The van der Waals surface area contributed by atoms with Gasteiger partial charge in [0.1, 0.15) is 0 Å². The predicted molar refractivity (Wildman–Crippen MR) is 75.4 cm³/mol. The van der Waals surface area contributed by atoms with E-state index < -0.39 is 0 Å². The van der Waals surface area contributed by atoms with Crippen molar-refractivity contribution in [3.63, 3.8) is 0 Å². The van der Waals surface area contributed by atoms with Crippen molar-refractivity contribution in [2.24, 2.45) is 5.73 Å². The number of aryl methyl sites for hydroxylation is 1. The Morgan fingerprint density at radius 3 is 2.61 bits per heavy atom. The van der Waals surface area contributed by atoms with Crippen molar-refractivity contribution < 1.29 is 4.42 Å². The molecule has 18 heavy (non-hydrogen) atoms. The molecule has 0 saturated heterocycles. The maximum absolute atomic E-state index is 6.06. The average molecular weight is 328 g/mol. The summed E-state index contributed by atoms with van der Waals surface area (Å²) < 4.78 is 6.43. The van der Waals surface area contributed by atoms with E-state index in [2.05, 4.69) is 26.1 Å². The van der Waals surface area contributed by atoms with Gasteiger partial charge in [0.25, 0.3) is 5.22 Å². The van der Waals surface area contributed by atoms with Crippen LogP contribution in [0.25, 0.3) is 0 Å². The highest BCUT2D eigenvalue weighted by atomic mass is 79.9. The number of halogens is 1. The summed E-state index contributed by atoms with van der Waals surface area (Å²) in [6.07, 6.45) is 0. The number of thioether (sulfide) groups is 1. The second kappa shape index (κ2) is 5.86. The van der Waals surface area contributed by atoms with E-state index in [0.29, 0.717) is 11.1 Å². The summed E-state index contributed by atoms with van der Waals surface area (Å²) in [5.41, 5.74) is 7.19. The first-order valence-corrected chi connectivity index (χ1v) is 7.22. The number of benzene rings is 1. The molecule has 96 valence electrons. The Hall–Kier alpha value is -0.850. The summed E-state index contributed by atoms with van der Waals surface area (Å²) in [5.74, 6) is 0.563. The molecule has 0 saturated carbocycles. The van der Waals surface area contributed by atoms with E-state index in [1.807, 2.05) is 31.2 Å². The number of hydrogen-bond acceptors (Lipinski definition) is 5. The van der Waals surface area contributed by atoms with Crippen LogP contribution in [0.3, 0.4) is 0 Å². The molecule has 0 fully saturated rings. The highest BCUT2D eigenvalue weighted by molar-refractivity contribution is 9.10. The van der Waals surface area contributed by atoms with Crippen LogP contribution in [0.4, 0.5) is 0 Å². The lowest BCUT2D eigenvalue weighted by Crippen LogP contribution is -2.22. The molecule has 1 aromatic heterocycles. The molecule has 2 N–H and O–H groups in total. The zero-order chi connectivity index (χ0) is 13.1. The van der Waals surface area contributed by atoms with Crippen LogP contribution in [0.2, 0.25) is 0 Å². The Morgan fingerprint density at radius 2 is 2.06 bits per heavy atom. The molecule has 0 spiro atoms. The molecule has 6 heteroatoms. The Kier molecular flexibility index (Phi) is 4.42. The van der Waals surface area contributed by atoms with Gasteiger partial charge in [0, 0.05) is 17.4 Å². The topological polar surface area (TPSA) is 64.9 Å². The zero-order valence-electron chi connectivity index (χ0n) is 10.1. The van der Waals surface area contributed by atoms with Gasteiger partial charge >= 0.3 is 0 Å². The molecular weight excluding hydrogens is 314 g/mol. The number of nitrogens with zero attached hydrogens (tertiary/aromatic N) is 2. The van der Waals surface area contributed by atoms with Crippen molar-refractivity contribution in [1.82, 2.24) is 10.2 Å². The van der Waals surface area contributed by atoms with Gasteiger partial charge in [-0.3, -0.25) is 0 Å². The van der Waals surface area contributed by atoms with Crippen molar-refractivity contribution in [2.75, 3.05) is 0 Å². The Balaban J connectivity index is 2.27. The Labute approximate surface area is 118 Å². The summed E-state index contributed by atoms with van der Waals surface area (Å²) in [6.45, 7) is 3.75. The third kappa shape index (κ3) is 3.13. The van der Waals surface area contributed by atoms with Gasteiger partial charge in [0.2, 0.25) is 5.89 Å². The number of hydrogen-bond donors (Lipinski definition) is 1. The molecule has 0 radical (unpaired) electrons. The molecule has 2 rings (SSSR count). The Morgan fingerprint density at radius 1 is 1.33 bits per heavy atom. The Bertz CT molecular complexity index is 530. The first-order chi connectivity index (χ1) is 8.58. The van der Waals surface area contributed by atoms with Crippen LogP contribution >= 0.6 is 27.7 Å². The SMILES string of the molecule is Cc1nnc(SC(c2ccccc2Br)C(C)N)o1. The fraction of sp³-hybridized carbons (Fsp3) is 0.333. The second-order valence-corrected chi connectivity index (χ2v) is 5.95. The molecule has 2 aromatic rings. The molecule has 4 nitrogen and oxygen atoms in total. The lowest BCUT2D eigenvalue weighted by molar-refractivity contribution is 0.427. The first-order valence-electron chi connectivity index (χ1n) is 5.54. The van der Waals surface area contributed by atoms with E-state index in [1.54, 1.807) is 6.92 Å². The zero-order valence-corrected chi connectivity index (χ0v) is 12.5. The van der Waals surface area contributed by atoms with E-state index in [1.165, 1.54) is 11.8 Å². The van der Waals surface area contributed by atoms with Crippen molar-refractivity contribution in [2.45, 2.75) is 30.4 Å². The molecule has 0 amide bonds. The molecule has 1 aromatic carbocycles. The van der Waals surface area contributed by atoms with Gasteiger partial charge in [-0.05, 0) is 18.6 Å². The fourth-order valence-corrected chi connectivity index (χ4v) is 3.30. The fourth-order valence-electron chi connectivity index (χ4n) is 1.59. The minimum atomic E-state index is -0.0269. The van der Waals surface area contributed by atoms with E-state index in [0.717, 1.165) is 10.0 Å². The molecule has 0 bridgehead atoms. The summed E-state index contributed by atoms with van der Waals surface area (Å²) in [7, 11) is 0. The van der Waals surface area contributed by atoms with Gasteiger partial charge in [-0.25, -0.2) is 0 Å². The van der Waals surface area contributed by atoms with Crippen molar-refractivity contribution in [1.29, 1.82) is 0 Å². The van der Waals surface area contributed by atoms with E-state index in [9.17, 15) is 0 Å². The molecule has 1 heterocycles. The van der Waals surface area contributed by atoms with E-state index >= 15 is 0 Å². The average Bonchev–Trinajstić information content (AvgIpc) is 2.73. The van der Waals surface area contributed by atoms with Crippen molar-refractivity contribution >= 4 is 27.7 Å². The number of nitrogens with two attached hydrogens (primary N) is 1. The monoisotopic (exact) mass is 327 g/mol. The van der Waals surface area contributed by atoms with E-state index in [-0.39, 0.29) is 11.3 Å². The molecule has 2 unspecified atom stereocenters. The number of aromatic nitrogens is 2. The van der Waals surface area contributed by atoms with Crippen LogP contribution in [0, 0.1) is 6.92 Å². The number of rotatable bonds is 4. The highest BCUT2D eigenvalue weighted by Gasteiger charge is 2.22. The third-order valence-electron chi connectivity index (χ3n) is 2.42. The van der Waals surface area contributed by atoms with Crippen LogP contribution in [0.1, 0.15) is 23.6 Å². The smallest absolute Gasteiger partial charge is 0.277 e. The van der Waals surface area contributed by atoms with Crippen LogP contribution in [0.5, 0.6) is 0 Å². The molecule has 0 aliphatic rings. The van der Waals surface area contributed by atoms with Gasteiger partial charge < -0.3 is 10.2 Å². The first kappa shape index (κ1) is 13.6. The molecular formula is C12H14BrN3OS. The van der Waals surface area contributed by atoms with Crippen molar-refractivity contribution in [3.8, 4) is 0 Å². The normalized spacial score (nSPS) is 14.4. The standard InChI is InChI=1S/C12H14BrN3OS/c1-7(14)11(9-5-3-4-6-10(9)13)18-12-16-15-8(2)17-12/h3-7,11H,14H2,1-2H3. The molecule has 0 aliphatic carbocycles. The van der Waals surface area contributed by atoms with Crippen LogP contribution < -0.4 is 5.73 Å². The lowest BCUT2D eigenvalue weighted by atomic mass is 10.1. The highest BCUT2D eigenvalue weighted by Crippen LogP contribution is 2.39. The quantitative estimate of drug-likeness (QED) is 0.872. The molecule has 2 atom stereocenters. The molecule has 0 aliphatic heterocycles. The lowest BCUT2D eigenvalue weighted by Gasteiger charge is -2.20. The van der Waals surface area contributed by atoms with Gasteiger partial charge in [-0.15, -0.1) is 10.2 Å². The van der Waals surface area contributed by atoms with Crippen LogP contribution in [-0.4, -0.2) is 16.2 Å². The van der Waals surface area contributed by atoms with Gasteiger partial charge in [0.15, 0.2) is 0 Å². The third-order valence-corrected chi connectivity index (χ3v) is 4.45. The van der Waals surface area contributed by atoms with Crippen LogP contribution in [-0.2, 0) is 0 Å². The summed E-state index contributed by atoms with van der Waals surface area (Å²) in [5, 5.41) is 8.44. The minimum Gasteiger partial charge on any atom is -0.416 e. The maximum atomic E-state index is 6.06. The summed E-state index contributed by atoms with van der Waals surface area (Å²) in [4.78, 5) is 0. The maximum Gasteiger partial charge on any atom is 0.277 e. The minimum absolute atomic E-state index is 0.0269. The predicted octanol–water partition coefficient (Wildman–Crippen LogP) is 3.32. The second-order valence-electron chi connectivity index (χ2n) is 4.01. The van der Waals surface area contributed by atoms with Crippen molar-refractivity contribution in [3.05, 3.63) is 40.2 Å². The largest absolute Gasteiger partial charge is 0.416 e. The van der Waals surface area contributed by atoms with Gasteiger partial charge in [-0.2, -0.15) is 0 Å². The van der Waals surface area contributed by atoms with Crippen LogP contribution in [0.15, 0.2) is 38.4 Å².